The van der Waals surface area contributed by atoms with Crippen LogP contribution in [0, 0.1) is 6.92 Å². The molecule has 0 unspecified atom stereocenters. The number of Topliss-reactive ketones (excluding diaryl/α,β-unsaturated/α-hetero) is 1. The van der Waals surface area contributed by atoms with Gasteiger partial charge in [-0.1, -0.05) is 0 Å². The lowest BCUT2D eigenvalue weighted by Crippen LogP contribution is -2.11. The minimum Gasteiger partial charge on any atom is -0.466 e. The standard InChI is InChI=1S/C15H21NO5/c1-5-20-12(18)8-7-11-13(10(4)17)9(3)16-14(11)15(19)21-6-2/h16H,5-8H2,1-4H3. The third-order valence-electron chi connectivity index (χ3n) is 3.01. The Morgan fingerprint density at radius 3 is 2.24 bits per heavy atom. The molecule has 0 fully saturated rings. The molecule has 0 aliphatic heterocycles. The van der Waals surface area contributed by atoms with Crippen LogP contribution in [0.3, 0.4) is 0 Å². The van der Waals surface area contributed by atoms with E-state index in [1.54, 1.807) is 20.8 Å². The summed E-state index contributed by atoms with van der Waals surface area (Å²) in [6, 6.07) is 0. The van der Waals surface area contributed by atoms with Gasteiger partial charge in [-0.25, -0.2) is 4.79 Å². The van der Waals surface area contributed by atoms with Crippen molar-refractivity contribution in [3.05, 3.63) is 22.5 Å². The van der Waals surface area contributed by atoms with Gasteiger partial charge in [0.1, 0.15) is 5.69 Å². The largest absolute Gasteiger partial charge is 0.466 e. The molecule has 0 bridgehead atoms. The van der Waals surface area contributed by atoms with Gasteiger partial charge in [-0.05, 0) is 39.7 Å². The van der Waals surface area contributed by atoms with E-state index < -0.39 is 5.97 Å². The Morgan fingerprint density at radius 1 is 1.10 bits per heavy atom. The summed E-state index contributed by atoms with van der Waals surface area (Å²) >= 11 is 0. The number of nitrogens with one attached hydrogen (secondary N) is 1. The van der Waals surface area contributed by atoms with Gasteiger partial charge in [0.2, 0.25) is 0 Å². The molecular weight excluding hydrogens is 274 g/mol. The first kappa shape index (κ1) is 16.9. The van der Waals surface area contributed by atoms with Crippen LogP contribution < -0.4 is 0 Å². The lowest BCUT2D eigenvalue weighted by molar-refractivity contribution is -0.143. The molecule has 0 amide bonds. The number of hydrogen-bond acceptors (Lipinski definition) is 5. The Hall–Kier alpha value is -2.11. The van der Waals surface area contributed by atoms with Crippen molar-refractivity contribution in [2.45, 2.75) is 40.5 Å². The average molecular weight is 295 g/mol. The smallest absolute Gasteiger partial charge is 0.355 e. The fraction of sp³-hybridized carbons (Fsp3) is 0.533. The molecule has 1 aromatic rings. The first-order valence-electron chi connectivity index (χ1n) is 6.97. The molecule has 0 aliphatic carbocycles. The highest BCUT2D eigenvalue weighted by Crippen LogP contribution is 2.22. The highest BCUT2D eigenvalue weighted by molar-refractivity contribution is 6.01. The van der Waals surface area contributed by atoms with Gasteiger partial charge >= 0.3 is 11.9 Å². The molecule has 116 valence electrons. The molecule has 0 aliphatic rings. The van der Waals surface area contributed by atoms with Crippen molar-refractivity contribution in [3.63, 3.8) is 0 Å². The number of rotatable bonds is 7. The van der Waals surface area contributed by atoms with Crippen molar-refractivity contribution < 1.29 is 23.9 Å². The van der Waals surface area contributed by atoms with E-state index in [4.69, 9.17) is 9.47 Å². The maximum atomic E-state index is 11.9. The summed E-state index contributed by atoms with van der Waals surface area (Å²) in [5.74, 6) is -1.04. The number of hydrogen-bond donors (Lipinski definition) is 1. The van der Waals surface area contributed by atoms with Crippen LogP contribution in [0.5, 0.6) is 0 Å². The van der Waals surface area contributed by atoms with Crippen LogP contribution >= 0.6 is 0 Å². The molecule has 0 spiro atoms. The van der Waals surface area contributed by atoms with Gasteiger partial charge in [0, 0.05) is 17.7 Å². The SMILES string of the molecule is CCOC(=O)CCc1c(C(=O)OCC)[nH]c(C)c1C(C)=O. The first-order chi connectivity index (χ1) is 9.92. The second kappa shape index (κ2) is 7.61. The first-order valence-corrected chi connectivity index (χ1v) is 6.97. The Bertz CT molecular complexity index is 545. The third-order valence-corrected chi connectivity index (χ3v) is 3.01. The normalized spacial score (nSPS) is 10.3. The van der Waals surface area contributed by atoms with E-state index in [1.807, 2.05) is 0 Å². The van der Waals surface area contributed by atoms with Crippen molar-refractivity contribution in [1.82, 2.24) is 4.98 Å². The molecule has 1 aromatic heterocycles. The van der Waals surface area contributed by atoms with E-state index in [0.29, 0.717) is 23.4 Å². The summed E-state index contributed by atoms with van der Waals surface area (Å²) < 4.78 is 9.84. The predicted octanol–water partition coefficient (Wildman–Crippen LogP) is 2.20. The van der Waals surface area contributed by atoms with E-state index in [0.717, 1.165) is 0 Å². The van der Waals surface area contributed by atoms with E-state index in [9.17, 15) is 14.4 Å². The van der Waals surface area contributed by atoms with E-state index in [-0.39, 0.29) is 36.9 Å². The number of carbonyl (C=O) groups is 3. The highest BCUT2D eigenvalue weighted by Gasteiger charge is 2.24. The topological polar surface area (TPSA) is 85.5 Å². The third kappa shape index (κ3) is 4.18. The monoisotopic (exact) mass is 295 g/mol. The summed E-state index contributed by atoms with van der Waals surface area (Å²) in [6.07, 6.45) is 0.365. The summed E-state index contributed by atoms with van der Waals surface area (Å²) in [7, 11) is 0. The minimum absolute atomic E-state index is 0.109. The van der Waals surface area contributed by atoms with Crippen molar-refractivity contribution in [2.24, 2.45) is 0 Å². The van der Waals surface area contributed by atoms with Gasteiger partial charge in [-0.2, -0.15) is 0 Å². The molecule has 6 heteroatoms. The van der Waals surface area contributed by atoms with Crippen LogP contribution in [-0.4, -0.2) is 35.9 Å². The fourth-order valence-electron chi connectivity index (χ4n) is 2.24. The maximum absolute atomic E-state index is 11.9. The molecule has 6 nitrogen and oxygen atoms in total. The van der Waals surface area contributed by atoms with Crippen molar-refractivity contribution in [1.29, 1.82) is 0 Å². The number of esters is 2. The zero-order valence-electron chi connectivity index (χ0n) is 12.9. The van der Waals surface area contributed by atoms with Crippen LogP contribution in [0.4, 0.5) is 0 Å². The molecule has 0 atom stereocenters. The van der Waals surface area contributed by atoms with Gasteiger partial charge in [0.25, 0.3) is 0 Å². The van der Waals surface area contributed by atoms with E-state index in [1.165, 1.54) is 6.92 Å². The zero-order chi connectivity index (χ0) is 16.0. The van der Waals surface area contributed by atoms with Gasteiger partial charge < -0.3 is 14.5 Å². The van der Waals surface area contributed by atoms with Crippen molar-refractivity contribution in [3.8, 4) is 0 Å². The molecule has 1 N–H and O–H groups in total. The Balaban J connectivity index is 3.09. The Labute approximate surface area is 123 Å². The number of aromatic amines is 1. The fourth-order valence-corrected chi connectivity index (χ4v) is 2.24. The summed E-state index contributed by atoms with van der Waals surface area (Å²) in [5, 5.41) is 0. The molecule has 0 saturated carbocycles. The lowest BCUT2D eigenvalue weighted by Gasteiger charge is -2.06. The number of ether oxygens (including phenoxy) is 2. The Kier molecular flexibility index (Phi) is 6.14. The van der Waals surface area contributed by atoms with Crippen molar-refractivity contribution >= 4 is 17.7 Å². The summed E-state index contributed by atoms with van der Waals surface area (Å²) in [6.45, 7) is 7.12. The number of H-pyrrole nitrogens is 1. The maximum Gasteiger partial charge on any atom is 0.355 e. The molecular formula is C15H21NO5. The second-order valence-corrected chi connectivity index (χ2v) is 4.56. The van der Waals surface area contributed by atoms with Crippen molar-refractivity contribution in [2.75, 3.05) is 13.2 Å². The minimum atomic E-state index is -0.521. The number of aromatic nitrogens is 1. The molecule has 21 heavy (non-hydrogen) atoms. The highest BCUT2D eigenvalue weighted by atomic mass is 16.5. The second-order valence-electron chi connectivity index (χ2n) is 4.56. The summed E-state index contributed by atoms with van der Waals surface area (Å²) in [5.41, 5.74) is 1.81. The molecule has 0 radical (unpaired) electrons. The Morgan fingerprint density at radius 2 is 1.71 bits per heavy atom. The summed E-state index contributed by atoms with van der Waals surface area (Å²) in [4.78, 5) is 38.1. The number of aryl methyl sites for hydroxylation is 1. The van der Waals surface area contributed by atoms with Gasteiger partial charge in [-0.3, -0.25) is 9.59 Å². The van der Waals surface area contributed by atoms with Crippen LogP contribution in [0.2, 0.25) is 0 Å². The van der Waals surface area contributed by atoms with Crippen LogP contribution in [-0.2, 0) is 20.7 Å². The quantitative estimate of drug-likeness (QED) is 0.615. The molecule has 1 rings (SSSR count). The molecule has 0 aromatic carbocycles. The number of carbonyl (C=O) groups excluding carboxylic acids is 3. The van der Waals surface area contributed by atoms with Gasteiger partial charge in [0.05, 0.1) is 13.2 Å². The average Bonchev–Trinajstić information content (AvgIpc) is 2.74. The lowest BCUT2D eigenvalue weighted by atomic mass is 10.0. The van der Waals surface area contributed by atoms with Crippen LogP contribution in [0.1, 0.15) is 59.3 Å². The number of ketones is 1. The van der Waals surface area contributed by atoms with Crippen LogP contribution in [0.25, 0.3) is 0 Å². The van der Waals surface area contributed by atoms with Crippen LogP contribution in [0.15, 0.2) is 0 Å². The van der Waals surface area contributed by atoms with E-state index >= 15 is 0 Å². The molecule has 0 saturated heterocycles. The zero-order valence-corrected chi connectivity index (χ0v) is 12.9. The predicted molar refractivity (Wildman–Crippen MR) is 76.4 cm³/mol. The van der Waals surface area contributed by atoms with E-state index in [2.05, 4.69) is 4.98 Å². The van der Waals surface area contributed by atoms with Gasteiger partial charge in [-0.15, -0.1) is 0 Å². The molecule has 1 heterocycles. The van der Waals surface area contributed by atoms with Gasteiger partial charge in [0.15, 0.2) is 5.78 Å².